The first-order chi connectivity index (χ1) is 10.1. The molecule has 1 fully saturated rings. The van der Waals surface area contributed by atoms with Crippen molar-refractivity contribution in [2.24, 2.45) is 0 Å². The summed E-state index contributed by atoms with van der Waals surface area (Å²) < 4.78 is 9.86. The van der Waals surface area contributed by atoms with Crippen LogP contribution in [0.15, 0.2) is 0 Å². The maximum atomic E-state index is 12.3. The van der Waals surface area contributed by atoms with Crippen LogP contribution in [0.2, 0.25) is 0 Å². The Kier molecular flexibility index (Phi) is 3.16. The molecule has 1 amide bonds. The molecule has 0 aromatic carbocycles. The number of carbonyl (C=O) groups excluding carboxylic acids is 2. The minimum Gasteiger partial charge on any atom is -0.461 e. The first-order valence-electron chi connectivity index (χ1n) is 6.19. The van der Waals surface area contributed by atoms with Gasteiger partial charge in [-0.25, -0.2) is 9.80 Å². The molecule has 0 aliphatic carbocycles. The highest BCUT2D eigenvalue weighted by Crippen LogP contribution is 2.31. The lowest BCUT2D eigenvalue weighted by molar-refractivity contribution is 0.0465. The highest BCUT2D eigenvalue weighted by molar-refractivity contribution is 6.05. The minimum absolute atomic E-state index is 0.0124. The van der Waals surface area contributed by atoms with Crippen LogP contribution in [-0.4, -0.2) is 62.7 Å². The number of nitrogens with one attached hydrogen (secondary N) is 2. The van der Waals surface area contributed by atoms with Crippen molar-refractivity contribution in [3.05, 3.63) is 11.4 Å². The van der Waals surface area contributed by atoms with Gasteiger partial charge in [0.15, 0.2) is 17.6 Å². The van der Waals surface area contributed by atoms with Crippen LogP contribution >= 0.6 is 0 Å². The molecule has 0 radical (unpaired) electrons. The van der Waals surface area contributed by atoms with Crippen LogP contribution < -0.4 is 11.0 Å². The van der Waals surface area contributed by atoms with Crippen LogP contribution in [0.5, 0.6) is 0 Å². The molecular weight excluding hydrogens is 286 g/mol. The Labute approximate surface area is 117 Å². The number of hydrogen-bond acceptors (Lipinski definition) is 9. The first-order valence-corrected chi connectivity index (χ1v) is 6.19. The number of hydrazine groups is 2. The Hall–Kier alpha value is -2.37. The van der Waals surface area contributed by atoms with Crippen LogP contribution in [0.25, 0.3) is 0 Å². The molecule has 3 rings (SSSR count). The van der Waals surface area contributed by atoms with Gasteiger partial charge >= 0.3 is 5.97 Å². The number of carbonyl (C=O) groups is 2. The molecule has 2 atom stereocenters. The van der Waals surface area contributed by atoms with E-state index in [2.05, 4.69) is 16.1 Å². The number of hydrogen-bond donors (Lipinski definition) is 4. The summed E-state index contributed by atoms with van der Waals surface area (Å²) in [7, 11) is 0. The van der Waals surface area contributed by atoms with Gasteiger partial charge in [-0.05, 0) is 6.92 Å². The highest BCUT2D eigenvalue weighted by atomic mass is 16.6. The summed E-state index contributed by atoms with van der Waals surface area (Å²) in [4.78, 5) is 24.3. The SMILES string of the molecule is CCOC(=O)c1nn(O)c2c1NNN(C1OC1CO)C2=O. The van der Waals surface area contributed by atoms with E-state index in [9.17, 15) is 14.8 Å². The van der Waals surface area contributed by atoms with E-state index in [0.29, 0.717) is 4.85 Å². The quantitative estimate of drug-likeness (QED) is 0.291. The number of fused-ring (bicyclic) bond motifs is 1. The fourth-order valence-corrected chi connectivity index (χ4v) is 2.01. The third-order valence-corrected chi connectivity index (χ3v) is 3.05. The predicted molar refractivity (Wildman–Crippen MR) is 64.0 cm³/mol. The van der Waals surface area contributed by atoms with Gasteiger partial charge in [0.25, 0.3) is 5.91 Å². The molecule has 3 heterocycles. The Morgan fingerprint density at radius 3 is 2.95 bits per heavy atom. The van der Waals surface area contributed by atoms with Gasteiger partial charge in [0.05, 0.1) is 13.2 Å². The molecule has 0 bridgehead atoms. The second-order valence-corrected chi connectivity index (χ2v) is 4.34. The van der Waals surface area contributed by atoms with E-state index in [1.54, 1.807) is 6.92 Å². The molecule has 0 saturated carbocycles. The fourth-order valence-electron chi connectivity index (χ4n) is 2.01. The van der Waals surface area contributed by atoms with E-state index in [4.69, 9.17) is 14.6 Å². The summed E-state index contributed by atoms with van der Waals surface area (Å²) >= 11 is 0. The van der Waals surface area contributed by atoms with Gasteiger partial charge in [0, 0.05) is 0 Å². The summed E-state index contributed by atoms with van der Waals surface area (Å²) in [5, 5.41) is 23.3. The largest absolute Gasteiger partial charge is 0.461 e. The summed E-state index contributed by atoms with van der Waals surface area (Å²) in [6.07, 6.45) is -1.16. The number of aliphatic hydroxyl groups excluding tert-OH is 1. The predicted octanol–water partition coefficient (Wildman–Crippen LogP) is -1.70. The Balaban J connectivity index is 1.89. The van der Waals surface area contributed by atoms with Gasteiger partial charge in [0.1, 0.15) is 11.8 Å². The molecule has 11 nitrogen and oxygen atoms in total. The van der Waals surface area contributed by atoms with Crippen molar-refractivity contribution < 1.29 is 29.4 Å². The maximum absolute atomic E-state index is 12.3. The minimum atomic E-state index is -0.770. The average Bonchev–Trinajstić information content (AvgIpc) is 3.16. The van der Waals surface area contributed by atoms with Crippen LogP contribution in [0.4, 0.5) is 5.69 Å². The Morgan fingerprint density at radius 1 is 1.57 bits per heavy atom. The Morgan fingerprint density at radius 2 is 2.33 bits per heavy atom. The molecule has 11 heteroatoms. The number of rotatable bonds is 4. The molecule has 21 heavy (non-hydrogen) atoms. The number of aliphatic hydroxyl groups is 1. The van der Waals surface area contributed by atoms with Crippen LogP contribution in [0.1, 0.15) is 27.9 Å². The molecule has 1 saturated heterocycles. The first kappa shape index (κ1) is 13.6. The number of anilines is 1. The molecule has 114 valence electrons. The van der Waals surface area contributed by atoms with Crippen LogP contribution in [0, 0.1) is 0 Å². The third kappa shape index (κ3) is 2.07. The maximum Gasteiger partial charge on any atom is 0.361 e. The zero-order valence-corrected chi connectivity index (χ0v) is 10.9. The molecule has 2 aliphatic heterocycles. The number of ether oxygens (including phenoxy) is 2. The fraction of sp³-hybridized carbons (Fsp3) is 0.500. The number of nitrogens with zero attached hydrogens (tertiary/aromatic N) is 3. The lowest BCUT2D eigenvalue weighted by Gasteiger charge is -2.26. The van der Waals surface area contributed by atoms with Crippen molar-refractivity contribution in [1.29, 1.82) is 0 Å². The second kappa shape index (κ2) is 4.87. The second-order valence-electron chi connectivity index (χ2n) is 4.34. The van der Waals surface area contributed by atoms with Gasteiger partial charge in [0.2, 0.25) is 0 Å². The van der Waals surface area contributed by atoms with Gasteiger partial charge in [-0.1, -0.05) is 4.85 Å². The Bertz CT molecular complexity index is 601. The molecule has 1 aromatic heterocycles. The molecule has 4 N–H and O–H groups in total. The monoisotopic (exact) mass is 299 g/mol. The van der Waals surface area contributed by atoms with E-state index < -0.39 is 24.2 Å². The summed E-state index contributed by atoms with van der Waals surface area (Å²) in [6.45, 7) is 1.52. The van der Waals surface area contributed by atoms with Crippen molar-refractivity contribution in [3.63, 3.8) is 0 Å². The van der Waals surface area contributed by atoms with Gasteiger partial charge in [-0.15, -0.1) is 10.6 Å². The van der Waals surface area contributed by atoms with Crippen molar-refractivity contribution in [1.82, 2.24) is 20.5 Å². The van der Waals surface area contributed by atoms with Gasteiger partial charge in [-0.3, -0.25) is 10.2 Å². The number of amides is 1. The summed E-state index contributed by atoms with van der Waals surface area (Å²) in [6, 6.07) is 0. The number of aromatic nitrogens is 2. The van der Waals surface area contributed by atoms with Crippen molar-refractivity contribution in [2.75, 3.05) is 18.6 Å². The molecule has 2 unspecified atom stereocenters. The van der Waals surface area contributed by atoms with Crippen molar-refractivity contribution >= 4 is 17.6 Å². The zero-order valence-electron chi connectivity index (χ0n) is 10.9. The van der Waals surface area contributed by atoms with E-state index in [0.717, 1.165) is 5.01 Å². The lowest BCUT2D eigenvalue weighted by Crippen LogP contribution is -2.52. The van der Waals surface area contributed by atoms with E-state index in [1.165, 1.54) is 0 Å². The smallest absolute Gasteiger partial charge is 0.361 e. The number of epoxide rings is 1. The zero-order chi connectivity index (χ0) is 15.1. The molecular formula is C10H13N5O6. The lowest BCUT2D eigenvalue weighted by atomic mass is 10.2. The normalized spacial score (nSPS) is 23.5. The van der Waals surface area contributed by atoms with E-state index in [1.807, 2.05) is 0 Å². The van der Waals surface area contributed by atoms with E-state index >= 15 is 0 Å². The van der Waals surface area contributed by atoms with Gasteiger partial charge in [-0.2, -0.15) is 0 Å². The summed E-state index contributed by atoms with van der Waals surface area (Å²) in [5.41, 5.74) is 4.68. The number of esters is 1. The standard InChI is InChI=1S/C10H13N5O6/c1-2-20-10(18)6-5-7(15(19)12-6)8(17)14(13-11-5)9-4(3-16)21-9/h4,9,11,13,16,19H,2-3H2,1H3. The third-order valence-electron chi connectivity index (χ3n) is 3.05. The summed E-state index contributed by atoms with van der Waals surface area (Å²) in [5.74, 6) is -1.43. The van der Waals surface area contributed by atoms with Crippen molar-refractivity contribution in [2.45, 2.75) is 19.3 Å². The van der Waals surface area contributed by atoms with Crippen LogP contribution in [0.3, 0.4) is 0 Å². The highest BCUT2D eigenvalue weighted by Gasteiger charge is 2.49. The van der Waals surface area contributed by atoms with E-state index in [-0.39, 0.29) is 30.3 Å². The average molecular weight is 299 g/mol. The molecule has 2 aliphatic rings. The molecule has 1 aromatic rings. The topological polar surface area (TPSA) is 141 Å². The van der Waals surface area contributed by atoms with Crippen LogP contribution in [-0.2, 0) is 9.47 Å². The molecule has 0 spiro atoms. The van der Waals surface area contributed by atoms with Gasteiger partial charge < -0.3 is 19.8 Å². The van der Waals surface area contributed by atoms with Crippen molar-refractivity contribution in [3.8, 4) is 0 Å².